The Kier molecular flexibility index (Phi) is 5.93. The van der Waals surface area contributed by atoms with Crippen molar-refractivity contribution >= 4 is 22.7 Å². The summed E-state index contributed by atoms with van der Waals surface area (Å²) in [5.41, 5.74) is 5.65. The number of methoxy groups -OCH3 is 1. The third kappa shape index (κ3) is 4.46. The molecular formula is C29H31N5O2. The van der Waals surface area contributed by atoms with Gasteiger partial charge in [-0.3, -0.25) is 9.88 Å². The molecule has 3 aromatic heterocycles. The molecule has 2 fully saturated rings. The van der Waals surface area contributed by atoms with Crippen molar-refractivity contribution < 1.29 is 9.53 Å². The number of hydrogen-bond donors (Lipinski definition) is 0. The Labute approximate surface area is 211 Å². The van der Waals surface area contributed by atoms with Crippen molar-refractivity contribution in [2.45, 2.75) is 25.9 Å². The number of piperidine rings is 1. The van der Waals surface area contributed by atoms with Crippen molar-refractivity contribution in [3.63, 3.8) is 0 Å². The molecule has 36 heavy (non-hydrogen) atoms. The van der Waals surface area contributed by atoms with Gasteiger partial charge in [-0.1, -0.05) is 18.2 Å². The molecule has 0 bridgehead atoms. The fraction of sp³-hybridized carbons (Fsp3) is 0.345. The molecule has 0 radical (unpaired) electrons. The van der Waals surface area contributed by atoms with Gasteiger partial charge in [-0.25, -0.2) is 9.78 Å². The number of pyridine rings is 2. The predicted molar refractivity (Wildman–Crippen MR) is 140 cm³/mol. The third-order valence-corrected chi connectivity index (χ3v) is 7.75. The van der Waals surface area contributed by atoms with Crippen LogP contribution < -0.4 is 4.90 Å². The highest BCUT2D eigenvalue weighted by molar-refractivity contribution is 5.89. The molecule has 6 rings (SSSR count). The van der Waals surface area contributed by atoms with Gasteiger partial charge in [0.05, 0.1) is 24.6 Å². The summed E-state index contributed by atoms with van der Waals surface area (Å²) >= 11 is 0. The Morgan fingerprint density at radius 3 is 2.53 bits per heavy atom. The lowest BCUT2D eigenvalue weighted by molar-refractivity contribution is -0.0240. The maximum atomic E-state index is 11.7. The van der Waals surface area contributed by atoms with Crippen molar-refractivity contribution in [2.75, 3.05) is 38.2 Å². The van der Waals surface area contributed by atoms with Gasteiger partial charge in [0.1, 0.15) is 5.65 Å². The lowest BCUT2D eigenvalue weighted by Crippen LogP contribution is -2.59. The number of carbonyl (C=O) groups excluding carboxylic acids is 1. The van der Waals surface area contributed by atoms with Crippen LogP contribution >= 0.6 is 0 Å². The highest BCUT2D eigenvalue weighted by atomic mass is 16.5. The van der Waals surface area contributed by atoms with Gasteiger partial charge in [0.15, 0.2) is 0 Å². The highest BCUT2D eigenvalue weighted by Gasteiger charge is 2.44. The number of anilines is 1. The quantitative estimate of drug-likeness (QED) is 0.381. The van der Waals surface area contributed by atoms with E-state index in [0.29, 0.717) is 17.5 Å². The van der Waals surface area contributed by atoms with E-state index in [9.17, 15) is 4.79 Å². The van der Waals surface area contributed by atoms with Crippen molar-refractivity contribution in [3.05, 3.63) is 90.0 Å². The number of esters is 1. The number of carbonyl (C=O) groups is 1. The number of rotatable bonds is 6. The summed E-state index contributed by atoms with van der Waals surface area (Å²) in [5, 5.41) is 1.16. The minimum Gasteiger partial charge on any atom is -0.465 e. The number of likely N-dealkylation sites (tertiary alicyclic amines) is 1. The highest BCUT2D eigenvalue weighted by Crippen LogP contribution is 2.42. The van der Waals surface area contributed by atoms with Gasteiger partial charge >= 0.3 is 5.97 Å². The van der Waals surface area contributed by atoms with E-state index < -0.39 is 0 Å². The van der Waals surface area contributed by atoms with Crippen molar-refractivity contribution in [1.29, 1.82) is 0 Å². The predicted octanol–water partition coefficient (Wildman–Crippen LogP) is 4.37. The minimum atomic E-state index is -0.315. The van der Waals surface area contributed by atoms with Crippen LogP contribution in [0.1, 0.15) is 34.3 Å². The van der Waals surface area contributed by atoms with Gasteiger partial charge in [0.2, 0.25) is 0 Å². The van der Waals surface area contributed by atoms with Crippen molar-refractivity contribution in [3.8, 4) is 0 Å². The topological polar surface area (TPSA) is 63.5 Å². The van der Waals surface area contributed by atoms with Crippen molar-refractivity contribution in [2.24, 2.45) is 5.41 Å². The largest absolute Gasteiger partial charge is 0.465 e. The number of benzene rings is 1. The molecule has 0 saturated carbocycles. The molecule has 0 aliphatic carbocycles. The van der Waals surface area contributed by atoms with Crippen LogP contribution in [0.15, 0.2) is 73.3 Å². The molecule has 0 atom stereocenters. The van der Waals surface area contributed by atoms with Crippen LogP contribution in [0, 0.1) is 5.41 Å². The summed E-state index contributed by atoms with van der Waals surface area (Å²) in [5.74, 6) is -0.315. The van der Waals surface area contributed by atoms with Gasteiger partial charge in [0.25, 0.3) is 0 Å². The fourth-order valence-electron chi connectivity index (χ4n) is 5.75. The van der Waals surface area contributed by atoms with E-state index in [-0.39, 0.29) is 5.97 Å². The van der Waals surface area contributed by atoms with E-state index in [0.717, 1.165) is 36.2 Å². The zero-order chi connectivity index (χ0) is 24.5. The van der Waals surface area contributed by atoms with Gasteiger partial charge in [-0.2, -0.15) is 0 Å². The van der Waals surface area contributed by atoms with E-state index in [1.807, 2.05) is 48.9 Å². The smallest absolute Gasteiger partial charge is 0.337 e. The molecule has 1 spiro atoms. The van der Waals surface area contributed by atoms with Crippen LogP contribution in [0.25, 0.3) is 11.0 Å². The van der Waals surface area contributed by atoms with E-state index in [4.69, 9.17) is 9.72 Å². The summed E-state index contributed by atoms with van der Waals surface area (Å²) < 4.78 is 6.94. The monoisotopic (exact) mass is 481 g/mol. The minimum absolute atomic E-state index is 0.315. The zero-order valence-electron chi connectivity index (χ0n) is 20.6. The number of nitrogens with zero attached hydrogens (tertiary/aromatic N) is 5. The van der Waals surface area contributed by atoms with Gasteiger partial charge in [-0.15, -0.1) is 0 Å². The van der Waals surface area contributed by atoms with Crippen molar-refractivity contribution in [1.82, 2.24) is 19.4 Å². The Bertz CT molecular complexity index is 1350. The number of fused-ring (bicyclic) bond motifs is 1. The van der Waals surface area contributed by atoms with Gasteiger partial charge in [0, 0.05) is 63.2 Å². The molecule has 2 aliphatic heterocycles. The molecule has 2 saturated heterocycles. The Balaban J connectivity index is 1.07. The first kappa shape index (κ1) is 22.7. The SMILES string of the molecule is COC(=O)c1ccc(Cn2ccc3cc(N4CCC5(CC4)CN(Cc4cccnc4)C5)cnc32)cc1. The molecule has 2 aliphatic rings. The first-order chi connectivity index (χ1) is 17.6. The number of hydrogen-bond acceptors (Lipinski definition) is 6. The van der Waals surface area contributed by atoms with E-state index >= 15 is 0 Å². The second kappa shape index (κ2) is 9.39. The summed E-state index contributed by atoms with van der Waals surface area (Å²) in [7, 11) is 1.40. The normalized spacial score (nSPS) is 17.3. The first-order valence-electron chi connectivity index (χ1n) is 12.6. The molecule has 4 aromatic rings. The molecule has 7 heteroatoms. The van der Waals surface area contributed by atoms with Crippen LogP contribution in [0.5, 0.6) is 0 Å². The molecule has 0 amide bonds. The Morgan fingerprint density at radius 1 is 1.00 bits per heavy atom. The Hall–Kier alpha value is -3.71. The van der Waals surface area contributed by atoms with Crippen LogP contribution in [-0.2, 0) is 17.8 Å². The molecule has 0 unspecified atom stereocenters. The summed E-state index contributed by atoms with van der Waals surface area (Å²) in [4.78, 5) is 25.8. The first-order valence-corrected chi connectivity index (χ1v) is 12.6. The second-order valence-electron chi connectivity index (χ2n) is 10.2. The van der Waals surface area contributed by atoms with Crippen LogP contribution in [-0.4, -0.2) is 58.7 Å². The lowest BCUT2D eigenvalue weighted by atomic mass is 9.72. The lowest BCUT2D eigenvalue weighted by Gasteiger charge is -2.54. The summed E-state index contributed by atoms with van der Waals surface area (Å²) in [6.45, 7) is 6.26. The third-order valence-electron chi connectivity index (χ3n) is 7.75. The summed E-state index contributed by atoms with van der Waals surface area (Å²) in [6.07, 6.45) is 10.4. The second-order valence-corrected chi connectivity index (χ2v) is 10.2. The van der Waals surface area contributed by atoms with Crippen LogP contribution in [0.3, 0.4) is 0 Å². The van der Waals surface area contributed by atoms with E-state index in [1.54, 1.807) is 0 Å². The van der Waals surface area contributed by atoms with E-state index in [2.05, 4.69) is 43.7 Å². The molecule has 7 nitrogen and oxygen atoms in total. The maximum absolute atomic E-state index is 11.7. The molecule has 1 aromatic carbocycles. The standard InChI is InChI=1S/C29H31N5O2/c1-36-28(35)24-6-4-22(5-7-24)19-34-12-8-25-15-26(17-31-27(25)34)33-13-9-29(10-14-33)20-32(21-29)18-23-3-2-11-30-16-23/h2-8,11-12,15-17H,9-10,13-14,18-21H2,1H3. The van der Waals surface area contributed by atoms with E-state index in [1.165, 1.54) is 44.3 Å². The van der Waals surface area contributed by atoms with Crippen LogP contribution in [0.4, 0.5) is 5.69 Å². The molecule has 184 valence electrons. The fourth-order valence-corrected chi connectivity index (χ4v) is 5.75. The molecule has 5 heterocycles. The molecule has 0 N–H and O–H groups in total. The van der Waals surface area contributed by atoms with Crippen LogP contribution in [0.2, 0.25) is 0 Å². The van der Waals surface area contributed by atoms with Gasteiger partial charge < -0.3 is 14.2 Å². The molecular weight excluding hydrogens is 450 g/mol. The average Bonchev–Trinajstić information content (AvgIpc) is 3.30. The zero-order valence-corrected chi connectivity index (χ0v) is 20.6. The average molecular weight is 482 g/mol. The number of ether oxygens (including phenoxy) is 1. The van der Waals surface area contributed by atoms with Gasteiger partial charge in [-0.05, 0) is 59.7 Å². The summed E-state index contributed by atoms with van der Waals surface area (Å²) in [6, 6.07) is 16.1. The maximum Gasteiger partial charge on any atom is 0.337 e. The Morgan fingerprint density at radius 2 is 1.81 bits per heavy atom. The number of aromatic nitrogens is 3.